The van der Waals surface area contributed by atoms with Crippen molar-refractivity contribution in [1.29, 1.82) is 0 Å². The first kappa shape index (κ1) is 18.3. The summed E-state index contributed by atoms with van der Waals surface area (Å²) in [5, 5.41) is 2.93. The number of aromatic nitrogens is 1. The largest absolute Gasteiger partial charge is 0.334 e. The van der Waals surface area contributed by atoms with Crippen molar-refractivity contribution in [2.75, 3.05) is 16.9 Å². The lowest BCUT2D eigenvalue weighted by atomic mass is 10.0. The standard InChI is InChI=1S/C21H17BrN4O2S/c1-11-6-12(2)17-15(7-11)16(19(27)24-17)18-20(28)26-10-25(9-23-21(26)29-18)14-5-3-4-13(22)8-14/h3-8H,9-10H2,1-2H3,(H,24,27). The van der Waals surface area contributed by atoms with Crippen LogP contribution in [0.15, 0.2) is 50.7 Å². The van der Waals surface area contributed by atoms with E-state index in [1.807, 2.05) is 55.1 Å². The number of nitrogens with one attached hydrogen (secondary N) is 1. The number of carbonyl (C=O) groups is 1. The second-order valence-corrected chi connectivity index (χ2v) is 9.13. The van der Waals surface area contributed by atoms with Crippen LogP contribution in [0.1, 0.15) is 16.7 Å². The SMILES string of the molecule is Cc1cc(C)c2c(c1)C(=c1sc3n(c1=O)CN(c1cccc(Br)c1)CN=3)C(=O)N2. The van der Waals surface area contributed by atoms with Crippen LogP contribution in [0.5, 0.6) is 0 Å². The lowest BCUT2D eigenvalue weighted by Crippen LogP contribution is -2.43. The highest BCUT2D eigenvalue weighted by molar-refractivity contribution is 9.10. The zero-order valence-corrected chi connectivity index (χ0v) is 18.2. The molecule has 0 radical (unpaired) electrons. The first-order chi connectivity index (χ1) is 13.9. The van der Waals surface area contributed by atoms with E-state index in [-0.39, 0.29) is 11.5 Å². The fourth-order valence-electron chi connectivity index (χ4n) is 3.85. The Bertz CT molecular complexity index is 1370. The molecule has 1 amide bonds. The van der Waals surface area contributed by atoms with Crippen LogP contribution in [0.2, 0.25) is 0 Å². The molecule has 0 saturated carbocycles. The summed E-state index contributed by atoms with van der Waals surface area (Å²) in [4.78, 5) is 33.3. The fraction of sp³-hybridized carbons (Fsp3) is 0.190. The van der Waals surface area contributed by atoms with Gasteiger partial charge >= 0.3 is 0 Å². The summed E-state index contributed by atoms with van der Waals surface area (Å²) in [5.74, 6) is -0.228. The molecule has 2 aliphatic heterocycles. The second-order valence-electron chi connectivity index (χ2n) is 7.24. The maximum atomic E-state index is 13.2. The van der Waals surface area contributed by atoms with Gasteiger partial charge in [-0.15, -0.1) is 0 Å². The van der Waals surface area contributed by atoms with Gasteiger partial charge in [-0.3, -0.25) is 14.2 Å². The van der Waals surface area contributed by atoms with Gasteiger partial charge in [0.15, 0.2) is 4.80 Å². The lowest BCUT2D eigenvalue weighted by molar-refractivity contribution is -0.110. The summed E-state index contributed by atoms with van der Waals surface area (Å²) in [6, 6.07) is 11.9. The van der Waals surface area contributed by atoms with Gasteiger partial charge in [0.25, 0.3) is 11.5 Å². The normalized spacial score (nSPS) is 16.9. The number of hydrogen-bond donors (Lipinski definition) is 1. The van der Waals surface area contributed by atoms with Crippen LogP contribution in [-0.4, -0.2) is 17.1 Å². The van der Waals surface area contributed by atoms with Crippen molar-refractivity contribution in [1.82, 2.24) is 4.57 Å². The van der Waals surface area contributed by atoms with Crippen LogP contribution < -0.4 is 25.1 Å². The molecule has 0 bridgehead atoms. The second kappa shape index (κ2) is 6.67. The van der Waals surface area contributed by atoms with E-state index in [1.54, 1.807) is 4.57 Å². The van der Waals surface area contributed by atoms with Gasteiger partial charge in [0.2, 0.25) is 0 Å². The van der Waals surface area contributed by atoms with Crippen LogP contribution >= 0.6 is 27.3 Å². The Kier molecular flexibility index (Phi) is 4.22. The summed E-state index contributed by atoms with van der Waals surface area (Å²) in [6.07, 6.45) is 0. The molecule has 0 atom stereocenters. The molecule has 3 aromatic rings. The van der Waals surface area contributed by atoms with Crippen molar-refractivity contribution >= 4 is 50.1 Å². The van der Waals surface area contributed by atoms with Crippen LogP contribution in [0.4, 0.5) is 11.4 Å². The Hall–Kier alpha value is -2.71. The van der Waals surface area contributed by atoms with E-state index in [4.69, 9.17) is 0 Å². The number of rotatable bonds is 1. The third-order valence-corrected chi connectivity index (χ3v) is 6.78. The number of amides is 1. The summed E-state index contributed by atoms with van der Waals surface area (Å²) < 4.78 is 3.06. The topological polar surface area (TPSA) is 66.7 Å². The molecule has 146 valence electrons. The van der Waals surface area contributed by atoms with Crippen LogP contribution in [0.25, 0.3) is 5.57 Å². The number of thiazole rings is 1. The lowest BCUT2D eigenvalue weighted by Gasteiger charge is -2.25. The molecule has 1 aromatic heterocycles. The van der Waals surface area contributed by atoms with Crippen molar-refractivity contribution in [3.05, 3.63) is 77.2 Å². The maximum absolute atomic E-state index is 13.2. The molecule has 0 fully saturated rings. The molecule has 0 unspecified atom stereocenters. The van der Waals surface area contributed by atoms with E-state index in [2.05, 4.69) is 26.2 Å². The number of halogens is 1. The number of benzene rings is 2. The van der Waals surface area contributed by atoms with Crippen molar-refractivity contribution in [2.45, 2.75) is 20.5 Å². The molecule has 5 rings (SSSR count). The summed E-state index contributed by atoms with van der Waals surface area (Å²) in [7, 11) is 0. The monoisotopic (exact) mass is 468 g/mol. The zero-order valence-electron chi connectivity index (χ0n) is 15.8. The van der Waals surface area contributed by atoms with E-state index in [0.717, 1.165) is 32.5 Å². The fourth-order valence-corrected chi connectivity index (χ4v) is 5.30. The minimum atomic E-state index is -0.228. The van der Waals surface area contributed by atoms with E-state index in [9.17, 15) is 9.59 Å². The van der Waals surface area contributed by atoms with Gasteiger partial charge in [0.05, 0.1) is 11.3 Å². The minimum absolute atomic E-state index is 0.175. The van der Waals surface area contributed by atoms with Gasteiger partial charge in [-0.1, -0.05) is 45.0 Å². The first-order valence-electron chi connectivity index (χ1n) is 9.14. The molecule has 29 heavy (non-hydrogen) atoms. The molecular weight excluding hydrogens is 452 g/mol. The van der Waals surface area contributed by atoms with Crippen molar-refractivity contribution in [2.24, 2.45) is 4.99 Å². The van der Waals surface area contributed by atoms with E-state index in [1.165, 1.54) is 11.3 Å². The average Bonchev–Trinajstić information content (AvgIpc) is 3.18. The predicted molar refractivity (Wildman–Crippen MR) is 118 cm³/mol. The van der Waals surface area contributed by atoms with E-state index < -0.39 is 0 Å². The first-order valence-corrected chi connectivity index (χ1v) is 10.8. The predicted octanol–water partition coefficient (Wildman–Crippen LogP) is 2.50. The Morgan fingerprint density at radius 3 is 2.79 bits per heavy atom. The minimum Gasteiger partial charge on any atom is -0.334 e. The summed E-state index contributed by atoms with van der Waals surface area (Å²) in [5.41, 5.74) is 4.90. The van der Waals surface area contributed by atoms with Gasteiger partial charge in [-0.05, 0) is 43.7 Å². The Morgan fingerprint density at radius 2 is 2.00 bits per heavy atom. The smallest absolute Gasteiger partial charge is 0.272 e. The number of anilines is 2. The highest BCUT2D eigenvalue weighted by atomic mass is 79.9. The van der Waals surface area contributed by atoms with Gasteiger partial charge < -0.3 is 10.2 Å². The van der Waals surface area contributed by atoms with Gasteiger partial charge in [0, 0.05) is 15.7 Å². The van der Waals surface area contributed by atoms with Gasteiger partial charge in [-0.2, -0.15) is 0 Å². The third kappa shape index (κ3) is 2.94. The Morgan fingerprint density at radius 1 is 1.17 bits per heavy atom. The molecular formula is C21H17BrN4O2S. The van der Waals surface area contributed by atoms with Crippen molar-refractivity contribution in [3.8, 4) is 0 Å². The molecule has 0 spiro atoms. The quantitative estimate of drug-likeness (QED) is 0.596. The highest BCUT2D eigenvalue weighted by Crippen LogP contribution is 2.33. The van der Waals surface area contributed by atoms with Crippen LogP contribution in [0, 0.1) is 13.8 Å². The van der Waals surface area contributed by atoms with Gasteiger partial charge in [0.1, 0.15) is 17.9 Å². The van der Waals surface area contributed by atoms with Crippen molar-refractivity contribution in [3.63, 3.8) is 0 Å². The van der Waals surface area contributed by atoms with Crippen molar-refractivity contribution < 1.29 is 4.79 Å². The molecule has 2 aromatic carbocycles. The van der Waals surface area contributed by atoms with Crippen LogP contribution in [0.3, 0.4) is 0 Å². The Labute approximate surface area is 178 Å². The number of carbonyl (C=O) groups excluding carboxylic acids is 1. The number of fused-ring (bicyclic) bond motifs is 2. The molecule has 0 saturated heterocycles. The third-order valence-electron chi connectivity index (χ3n) is 5.17. The summed E-state index contributed by atoms with van der Waals surface area (Å²) >= 11 is 4.77. The highest BCUT2D eigenvalue weighted by Gasteiger charge is 2.29. The van der Waals surface area contributed by atoms with E-state index in [0.29, 0.717) is 28.2 Å². The molecule has 0 aliphatic carbocycles. The molecule has 6 nitrogen and oxygen atoms in total. The van der Waals surface area contributed by atoms with E-state index >= 15 is 0 Å². The van der Waals surface area contributed by atoms with Gasteiger partial charge in [-0.25, -0.2) is 4.99 Å². The molecule has 2 aliphatic rings. The van der Waals surface area contributed by atoms with Crippen LogP contribution in [-0.2, 0) is 11.5 Å². The summed E-state index contributed by atoms with van der Waals surface area (Å²) in [6.45, 7) is 4.82. The maximum Gasteiger partial charge on any atom is 0.272 e. The average molecular weight is 469 g/mol. The molecule has 8 heteroatoms. The zero-order chi connectivity index (χ0) is 20.3. The molecule has 3 heterocycles. The number of hydrogen-bond acceptors (Lipinski definition) is 5. The number of aryl methyl sites for hydroxylation is 2. The Balaban J connectivity index is 1.67. The molecule has 1 N–H and O–H groups in total. The number of nitrogens with zero attached hydrogens (tertiary/aromatic N) is 3.